The highest BCUT2D eigenvalue weighted by atomic mass is 16.5. The maximum absolute atomic E-state index is 5.92. The number of hydrogen-bond donors (Lipinski definition) is 1. The number of ether oxygens (including phenoxy) is 1. The maximum Gasteiger partial charge on any atom is 0.126 e. The molecule has 1 aromatic heterocycles. The number of hydrogen-bond acceptors (Lipinski definition) is 3. The number of para-hydroxylation sites is 2. The van der Waals surface area contributed by atoms with E-state index in [0.717, 1.165) is 17.8 Å². The first kappa shape index (κ1) is 12.4. The Balaban J connectivity index is 1.57. The van der Waals surface area contributed by atoms with Crippen molar-refractivity contribution in [3.8, 4) is 0 Å². The van der Waals surface area contributed by atoms with Gasteiger partial charge in [-0.15, -0.1) is 0 Å². The van der Waals surface area contributed by atoms with Crippen molar-refractivity contribution in [2.45, 2.75) is 50.5 Å². The number of nitrogens with zero attached hydrogens (tertiary/aromatic N) is 2. The summed E-state index contributed by atoms with van der Waals surface area (Å²) >= 11 is 0. The fourth-order valence-corrected chi connectivity index (χ4v) is 3.76. The first-order valence-electron chi connectivity index (χ1n) is 7.55. The molecule has 106 valence electrons. The quantitative estimate of drug-likeness (QED) is 0.932. The zero-order valence-electron chi connectivity index (χ0n) is 12.0. The molecule has 4 atom stereocenters. The molecule has 4 unspecified atom stereocenters. The highest BCUT2D eigenvalue weighted by molar-refractivity contribution is 5.75. The largest absolute Gasteiger partial charge is 0.373 e. The minimum Gasteiger partial charge on any atom is -0.373 e. The van der Waals surface area contributed by atoms with E-state index in [9.17, 15) is 0 Å². The van der Waals surface area contributed by atoms with Gasteiger partial charge in [0.15, 0.2) is 0 Å². The average molecular weight is 271 g/mol. The average Bonchev–Trinajstić information content (AvgIpc) is 3.14. The fourth-order valence-electron chi connectivity index (χ4n) is 3.76. The normalized spacial score (nSPS) is 30.2. The number of fused-ring (bicyclic) bond motifs is 3. The third-order valence-electron chi connectivity index (χ3n) is 4.78. The molecule has 2 bridgehead atoms. The van der Waals surface area contributed by atoms with Crippen LogP contribution in [0.3, 0.4) is 0 Å². The van der Waals surface area contributed by atoms with Crippen LogP contribution in [0, 0.1) is 0 Å². The summed E-state index contributed by atoms with van der Waals surface area (Å²) < 4.78 is 8.12. The molecule has 0 radical (unpaired) electrons. The molecule has 4 nitrogen and oxygen atoms in total. The van der Waals surface area contributed by atoms with E-state index in [0.29, 0.717) is 18.2 Å². The van der Waals surface area contributed by atoms with Gasteiger partial charge in [-0.05, 0) is 38.3 Å². The van der Waals surface area contributed by atoms with E-state index in [4.69, 9.17) is 9.72 Å². The monoisotopic (exact) mass is 271 g/mol. The van der Waals surface area contributed by atoms with Gasteiger partial charge in [-0.1, -0.05) is 12.1 Å². The van der Waals surface area contributed by atoms with Crippen LogP contribution >= 0.6 is 0 Å². The molecule has 0 spiro atoms. The lowest BCUT2D eigenvalue weighted by atomic mass is 9.95. The van der Waals surface area contributed by atoms with E-state index in [2.05, 4.69) is 42.1 Å². The van der Waals surface area contributed by atoms with Crippen molar-refractivity contribution < 1.29 is 4.74 Å². The van der Waals surface area contributed by atoms with Crippen LogP contribution in [0.5, 0.6) is 0 Å². The van der Waals surface area contributed by atoms with Crippen LogP contribution in [-0.4, -0.2) is 27.8 Å². The zero-order valence-corrected chi connectivity index (χ0v) is 12.0. The Labute approximate surface area is 119 Å². The summed E-state index contributed by atoms with van der Waals surface area (Å²) in [6, 6.07) is 9.05. The number of imidazole rings is 1. The Morgan fingerprint density at radius 2 is 2.20 bits per heavy atom. The SMILES string of the molecule is CC(NC1CC2CCC1O2)c1nc2ccccc2n1C. The smallest absolute Gasteiger partial charge is 0.126 e. The van der Waals surface area contributed by atoms with Gasteiger partial charge in [-0.2, -0.15) is 0 Å². The van der Waals surface area contributed by atoms with Crippen LogP contribution in [-0.2, 0) is 11.8 Å². The minimum atomic E-state index is 0.250. The summed E-state index contributed by atoms with van der Waals surface area (Å²) in [4.78, 5) is 4.78. The molecule has 2 aromatic rings. The number of benzene rings is 1. The van der Waals surface area contributed by atoms with Gasteiger partial charge < -0.3 is 14.6 Å². The molecule has 4 rings (SSSR count). The molecule has 0 amide bonds. The molecule has 2 saturated heterocycles. The van der Waals surface area contributed by atoms with Gasteiger partial charge in [0.1, 0.15) is 5.82 Å². The predicted octanol–water partition coefficient (Wildman–Crippen LogP) is 2.54. The second-order valence-electron chi connectivity index (χ2n) is 6.12. The van der Waals surface area contributed by atoms with Gasteiger partial charge in [0.05, 0.1) is 29.3 Å². The molecule has 20 heavy (non-hydrogen) atoms. The van der Waals surface area contributed by atoms with Crippen molar-refractivity contribution in [2.24, 2.45) is 7.05 Å². The van der Waals surface area contributed by atoms with Crippen molar-refractivity contribution in [3.05, 3.63) is 30.1 Å². The van der Waals surface area contributed by atoms with Crippen LogP contribution in [0.2, 0.25) is 0 Å². The molecule has 1 aromatic carbocycles. The summed E-state index contributed by atoms with van der Waals surface area (Å²) in [5.41, 5.74) is 2.27. The molecule has 0 saturated carbocycles. The molecule has 4 heteroatoms. The van der Waals surface area contributed by atoms with Crippen molar-refractivity contribution in [1.82, 2.24) is 14.9 Å². The van der Waals surface area contributed by atoms with Crippen molar-refractivity contribution in [2.75, 3.05) is 0 Å². The fraction of sp³-hybridized carbons (Fsp3) is 0.562. The second kappa shape index (κ2) is 4.57. The van der Waals surface area contributed by atoms with Crippen LogP contribution in [0.1, 0.15) is 38.1 Å². The number of nitrogens with one attached hydrogen (secondary N) is 1. The molecule has 2 aliphatic heterocycles. The summed E-state index contributed by atoms with van der Waals surface area (Å²) in [5.74, 6) is 1.11. The van der Waals surface area contributed by atoms with E-state index in [1.165, 1.54) is 18.4 Å². The molecule has 2 fully saturated rings. The van der Waals surface area contributed by atoms with Gasteiger partial charge in [0.25, 0.3) is 0 Å². The van der Waals surface area contributed by atoms with Gasteiger partial charge in [-0.3, -0.25) is 0 Å². The standard InChI is InChI=1S/C16H21N3O/c1-10(17-13-9-11-7-8-15(13)20-11)16-18-12-5-3-4-6-14(12)19(16)2/h3-6,10-11,13,15,17H,7-9H2,1-2H3. The van der Waals surface area contributed by atoms with E-state index >= 15 is 0 Å². The molecular formula is C16H21N3O. The van der Waals surface area contributed by atoms with Gasteiger partial charge in [0, 0.05) is 13.1 Å². The first-order chi connectivity index (χ1) is 9.72. The molecule has 0 aliphatic carbocycles. The molecule has 1 N–H and O–H groups in total. The van der Waals surface area contributed by atoms with E-state index < -0.39 is 0 Å². The zero-order chi connectivity index (χ0) is 13.7. The lowest BCUT2D eigenvalue weighted by Crippen LogP contribution is -2.39. The van der Waals surface area contributed by atoms with Crippen molar-refractivity contribution in [1.29, 1.82) is 0 Å². The highest BCUT2D eigenvalue weighted by Gasteiger charge is 2.41. The maximum atomic E-state index is 5.92. The number of rotatable bonds is 3. The second-order valence-corrected chi connectivity index (χ2v) is 6.12. The summed E-state index contributed by atoms with van der Waals surface area (Å²) in [5, 5.41) is 3.72. The van der Waals surface area contributed by atoms with Gasteiger partial charge >= 0.3 is 0 Å². The third kappa shape index (κ3) is 1.86. The Morgan fingerprint density at radius 1 is 1.35 bits per heavy atom. The first-order valence-corrected chi connectivity index (χ1v) is 7.55. The lowest BCUT2D eigenvalue weighted by Gasteiger charge is -2.24. The van der Waals surface area contributed by atoms with Crippen LogP contribution in [0.25, 0.3) is 11.0 Å². The number of aromatic nitrogens is 2. The molecular weight excluding hydrogens is 250 g/mol. The van der Waals surface area contributed by atoms with Crippen LogP contribution in [0.4, 0.5) is 0 Å². The molecule has 3 heterocycles. The highest BCUT2D eigenvalue weighted by Crippen LogP contribution is 2.35. The number of aryl methyl sites for hydroxylation is 1. The van der Waals surface area contributed by atoms with E-state index in [1.54, 1.807) is 0 Å². The Bertz CT molecular complexity index is 636. The minimum absolute atomic E-state index is 0.250. The Kier molecular flexibility index (Phi) is 2.82. The van der Waals surface area contributed by atoms with Crippen LogP contribution in [0.15, 0.2) is 24.3 Å². The summed E-state index contributed by atoms with van der Waals surface area (Å²) in [7, 11) is 2.10. The van der Waals surface area contributed by atoms with E-state index in [1.807, 2.05) is 6.07 Å². The predicted molar refractivity (Wildman–Crippen MR) is 78.6 cm³/mol. The Hall–Kier alpha value is -1.39. The summed E-state index contributed by atoms with van der Waals surface area (Å²) in [6.07, 6.45) is 4.50. The van der Waals surface area contributed by atoms with Crippen molar-refractivity contribution in [3.63, 3.8) is 0 Å². The topological polar surface area (TPSA) is 39.1 Å². The van der Waals surface area contributed by atoms with Gasteiger partial charge in [0.2, 0.25) is 0 Å². The van der Waals surface area contributed by atoms with E-state index in [-0.39, 0.29) is 6.04 Å². The Morgan fingerprint density at radius 3 is 2.90 bits per heavy atom. The van der Waals surface area contributed by atoms with Crippen molar-refractivity contribution >= 4 is 11.0 Å². The summed E-state index contributed by atoms with van der Waals surface area (Å²) in [6.45, 7) is 2.20. The third-order valence-corrected chi connectivity index (χ3v) is 4.78. The molecule has 2 aliphatic rings. The van der Waals surface area contributed by atoms with Crippen LogP contribution < -0.4 is 5.32 Å². The lowest BCUT2D eigenvalue weighted by molar-refractivity contribution is 0.0961. The van der Waals surface area contributed by atoms with Gasteiger partial charge in [-0.25, -0.2) is 4.98 Å².